The van der Waals surface area contributed by atoms with Crippen molar-refractivity contribution in [1.82, 2.24) is 0 Å². The second-order valence-electron chi connectivity index (χ2n) is 5.49. The first kappa shape index (κ1) is 13.7. The van der Waals surface area contributed by atoms with Gasteiger partial charge in [-0.3, -0.25) is 0 Å². The van der Waals surface area contributed by atoms with Crippen LogP contribution in [-0.4, -0.2) is 19.1 Å². The van der Waals surface area contributed by atoms with Crippen LogP contribution in [0.1, 0.15) is 17.9 Å². The van der Waals surface area contributed by atoms with Gasteiger partial charge in [-0.15, -0.1) is 0 Å². The van der Waals surface area contributed by atoms with Gasteiger partial charge in [0.05, 0.1) is 0 Å². The molecule has 2 aromatic rings. The van der Waals surface area contributed by atoms with Crippen LogP contribution in [0.25, 0.3) is 0 Å². The van der Waals surface area contributed by atoms with Crippen molar-refractivity contribution in [2.75, 3.05) is 18.0 Å². The number of rotatable bonds is 2. The fourth-order valence-electron chi connectivity index (χ4n) is 2.99. The van der Waals surface area contributed by atoms with E-state index in [1.165, 1.54) is 11.3 Å². The van der Waals surface area contributed by atoms with Gasteiger partial charge in [0.1, 0.15) is 0 Å². The summed E-state index contributed by atoms with van der Waals surface area (Å²) in [7, 11) is 0. The van der Waals surface area contributed by atoms with Gasteiger partial charge < -0.3 is 10.6 Å². The molecule has 1 saturated heterocycles. The van der Waals surface area contributed by atoms with E-state index in [1.54, 1.807) is 0 Å². The predicted molar refractivity (Wildman–Crippen MR) is 88.1 cm³/mol. The highest BCUT2D eigenvalue weighted by Crippen LogP contribution is 2.30. The maximum absolute atomic E-state index is 6.27. The smallest absolute Gasteiger partial charge is 0.0378 e. The Morgan fingerprint density at radius 3 is 2.55 bits per heavy atom. The van der Waals surface area contributed by atoms with Gasteiger partial charge in [-0.2, -0.15) is 0 Å². The third-order valence-corrected chi connectivity index (χ3v) is 4.42. The van der Waals surface area contributed by atoms with Crippen molar-refractivity contribution in [2.45, 2.75) is 18.4 Å². The lowest BCUT2D eigenvalue weighted by Gasteiger charge is -2.38. The molecular weight excluding hydrogens is 312 g/mol. The number of benzene rings is 2. The molecule has 104 valence electrons. The highest BCUT2D eigenvalue weighted by atomic mass is 79.9. The minimum atomic E-state index is 0.230. The summed E-state index contributed by atoms with van der Waals surface area (Å²) in [4.78, 5) is 2.40. The van der Waals surface area contributed by atoms with Gasteiger partial charge >= 0.3 is 0 Å². The zero-order chi connectivity index (χ0) is 13.9. The molecule has 2 N–H and O–H groups in total. The molecule has 1 heterocycles. The summed E-state index contributed by atoms with van der Waals surface area (Å²) in [6.45, 7) is 1.97. The molecule has 2 aromatic carbocycles. The maximum Gasteiger partial charge on any atom is 0.0378 e. The van der Waals surface area contributed by atoms with E-state index in [2.05, 4.69) is 75.4 Å². The molecule has 0 saturated carbocycles. The van der Waals surface area contributed by atoms with E-state index in [9.17, 15) is 0 Å². The van der Waals surface area contributed by atoms with Gasteiger partial charge in [0.25, 0.3) is 0 Å². The van der Waals surface area contributed by atoms with Crippen molar-refractivity contribution in [2.24, 2.45) is 5.73 Å². The van der Waals surface area contributed by atoms with Crippen LogP contribution in [0.3, 0.4) is 0 Å². The normalized spacial score (nSPS) is 22.8. The number of hydrogen-bond donors (Lipinski definition) is 1. The van der Waals surface area contributed by atoms with E-state index in [0.717, 1.165) is 24.0 Å². The Morgan fingerprint density at radius 1 is 1.00 bits per heavy atom. The molecule has 2 unspecified atom stereocenters. The molecule has 0 aliphatic carbocycles. The average Bonchev–Trinajstić information content (AvgIpc) is 2.47. The molecule has 0 aromatic heterocycles. The third kappa shape index (κ3) is 3.05. The van der Waals surface area contributed by atoms with Crippen molar-refractivity contribution in [1.29, 1.82) is 0 Å². The van der Waals surface area contributed by atoms with Crippen LogP contribution >= 0.6 is 15.9 Å². The first-order valence-corrected chi connectivity index (χ1v) is 7.83. The summed E-state index contributed by atoms with van der Waals surface area (Å²) in [5.41, 5.74) is 8.91. The standard InChI is InChI=1S/C17H19BrN2/c18-15-7-4-8-17(10-15)20-11-14(9-16(19)12-20)13-5-2-1-3-6-13/h1-8,10,14,16H,9,11-12,19H2. The highest BCUT2D eigenvalue weighted by Gasteiger charge is 2.26. The Bertz CT molecular complexity index is 570. The Hall–Kier alpha value is -1.32. The van der Waals surface area contributed by atoms with Crippen LogP contribution in [0.15, 0.2) is 59.1 Å². The summed E-state index contributed by atoms with van der Waals surface area (Å²) in [5.74, 6) is 0.513. The van der Waals surface area contributed by atoms with Crippen LogP contribution in [0, 0.1) is 0 Å². The molecule has 1 aliphatic heterocycles. The van der Waals surface area contributed by atoms with Gasteiger partial charge in [-0.1, -0.05) is 52.3 Å². The summed E-state index contributed by atoms with van der Waals surface area (Å²) < 4.78 is 1.12. The molecule has 0 radical (unpaired) electrons. The van der Waals surface area contributed by atoms with E-state index in [0.29, 0.717) is 5.92 Å². The number of nitrogens with two attached hydrogens (primary N) is 1. The Labute approximate surface area is 128 Å². The first-order valence-electron chi connectivity index (χ1n) is 7.03. The average molecular weight is 331 g/mol. The van der Waals surface area contributed by atoms with Crippen molar-refractivity contribution in [3.8, 4) is 0 Å². The number of hydrogen-bond acceptors (Lipinski definition) is 2. The van der Waals surface area contributed by atoms with Crippen molar-refractivity contribution in [3.05, 3.63) is 64.6 Å². The van der Waals surface area contributed by atoms with E-state index < -0.39 is 0 Å². The summed E-state index contributed by atoms with van der Waals surface area (Å²) >= 11 is 3.55. The largest absolute Gasteiger partial charge is 0.369 e. The van der Waals surface area contributed by atoms with Crippen molar-refractivity contribution >= 4 is 21.6 Å². The number of halogens is 1. The monoisotopic (exact) mass is 330 g/mol. The zero-order valence-electron chi connectivity index (χ0n) is 11.4. The van der Waals surface area contributed by atoms with Crippen molar-refractivity contribution in [3.63, 3.8) is 0 Å². The molecule has 1 aliphatic rings. The second-order valence-corrected chi connectivity index (χ2v) is 6.40. The van der Waals surface area contributed by atoms with Gasteiger partial charge in [0.2, 0.25) is 0 Å². The Morgan fingerprint density at radius 2 is 1.80 bits per heavy atom. The molecule has 0 spiro atoms. The van der Waals surface area contributed by atoms with E-state index in [4.69, 9.17) is 5.73 Å². The topological polar surface area (TPSA) is 29.3 Å². The van der Waals surface area contributed by atoms with Gasteiger partial charge in [0.15, 0.2) is 0 Å². The molecule has 3 rings (SSSR count). The molecule has 1 fully saturated rings. The number of piperidine rings is 1. The molecule has 2 atom stereocenters. The minimum absolute atomic E-state index is 0.230. The highest BCUT2D eigenvalue weighted by molar-refractivity contribution is 9.10. The lowest BCUT2D eigenvalue weighted by Crippen LogP contribution is -2.46. The quantitative estimate of drug-likeness (QED) is 0.908. The van der Waals surface area contributed by atoms with Crippen LogP contribution in [0.5, 0.6) is 0 Å². The van der Waals surface area contributed by atoms with Gasteiger partial charge in [0, 0.05) is 35.2 Å². The minimum Gasteiger partial charge on any atom is -0.369 e. The molecule has 20 heavy (non-hydrogen) atoms. The van der Waals surface area contributed by atoms with Crippen molar-refractivity contribution < 1.29 is 0 Å². The fraction of sp³-hybridized carbons (Fsp3) is 0.294. The van der Waals surface area contributed by atoms with E-state index in [1.807, 2.05) is 0 Å². The van der Waals surface area contributed by atoms with Crippen LogP contribution in [0.4, 0.5) is 5.69 Å². The second kappa shape index (κ2) is 5.98. The number of anilines is 1. The summed E-state index contributed by atoms with van der Waals surface area (Å²) in [6, 6.07) is 19.4. The van der Waals surface area contributed by atoms with E-state index in [-0.39, 0.29) is 6.04 Å². The van der Waals surface area contributed by atoms with E-state index >= 15 is 0 Å². The molecule has 3 heteroatoms. The lowest BCUT2D eigenvalue weighted by atomic mass is 9.88. The third-order valence-electron chi connectivity index (χ3n) is 3.93. The molecule has 0 bridgehead atoms. The van der Waals surface area contributed by atoms with Crippen LogP contribution in [-0.2, 0) is 0 Å². The fourth-order valence-corrected chi connectivity index (χ4v) is 3.38. The Balaban J connectivity index is 1.83. The first-order chi connectivity index (χ1) is 9.72. The predicted octanol–water partition coefficient (Wildman–Crippen LogP) is 3.77. The zero-order valence-corrected chi connectivity index (χ0v) is 13.0. The SMILES string of the molecule is NC1CC(c2ccccc2)CN(c2cccc(Br)c2)C1. The summed E-state index contributed by atoms with van der Waals surface area (Å²) in [5, 5.41) is 0. The molecular formula is C17H19BrN2. The van der Waals surface area contributed by atoms with Gasteiger partial charge in [-0.25, -0.2) is 0 Å². The van der Waals surface area contributed by atoms with Gasteiger partial charge in [-0.05, 0) is 30.2 Å². The lowest BCUT2D eigenvalue weighted by molar-refractivity contribution is 0.454. The molecule has 0 amide bonds. The summed E-state index contributed by atoms with van der Waals surface area (Å²) in [6.07, 6.45) is 1.06. The number of nitrogens with zero attached hydrogens (tertiary/aromatic N) is 1. The van der Waals surface area contributed by atoms with Crippen LogP contribution < -0.4 is 10.6 Å². The molecule has 2 nitrogen and oxygen atoms in total. The van der Waals surface area contributed by atoms with Crippen LogP contribution in [0.2, 0.25) is 0 Å². The maximum atomic E-state index is 6.27. The Kier molecular flexibility index (Phi) is 4.08.